The van der Waals surface area contributed by atoms with Crippen LogP contribution in [0.15, 0.2) is 77.7 Å². The van der Waals surface area contributed by atoms with Crippen LogP contribution < -0.4 is 5.32 Å². The van der Waals surface area contributed by atoms with Crippen LogP contribution in [0, 0.1) is 13.8 Å². The molecule has 0 radical (unpaired) electrons. The average molecular weight is 525 g/mol. The summed E-state index contributed by atoms with van der Waals surface area (Å²) in [6.07, 6.45) is 7.44. The fourth-order valence-corrected chi connectivity index (χ4v) is 6.90. The Labute approximate surface area is 230 Å². The highest BCUT2D eigenvalue weighted by atomic mass is 32.2. The van der Waals surface area contributed by atoms with Crippen LogP contribution in [0.5, 0.6) is 0 Å². The van der Waals surface area contributed by atoms with E-state index in [1.54, 1.807) is 11.8 Å². The van der Waals surface area contributed by atoms with Crippen LogP contribution >= 0.6 is 11.8 Å². The van der Waals surface area contributed by atoms with Crippen LogP contribution in [0.1, 0.15) is 63.9 Å². The minimum Gasteiger partial charge on any atom is -0.352 e. The number of carbonyl (C=O) groups is 2. The third-order valence-electron chi connectivity index (χ3n) is 7.54. The van der Waals surface area contributed by atoms with Gasteiger partial charge < -0.3 is 10.2 Å². The van der Waals surface area contributed by atoms with Gasteiger partial charge in [-0.15, -0.1) is 11.8 Å². The minimum atomic E-state index is -0.0752. The van der Waals surface area contributed by atoms with Gasteiger partial charge >= 0.3 is 0 Å². The smallest absolute Gasteiger partial charge is 0.260 e. The fourth-order valence-electron chi connectivity index (χ4n) is 5.43. The predicted octanol–water partition coefficient (Wildman–Crippen LogP) is 6.70. The molecule has 5 rings (SSSR count). The Morgan fingerprint density at radius 3 is 2.47 bits per heavy atom. The summed E-state index contributed by atoms with van der Waals surface area (Å²) in [5.74, 6) is 0.0476. The van der Waals surface area contributed by atoms with E-state index in [0.717, 1.165) is 29.7 Å². The molecule has 1 saturated carbocycles. The molecular weight excluding hydrogens is 488 g/mol. The van der Waals surface area contributed by atoms with Crippen molar-refractivity contribution in [3.63, 3.8) is 0 Å². The predicted molar refractivity (Wildman–Crippen MR) is 157 cm³/mol. The van der Waals surface area contributed by atoms with Gasteiger partial charge in [0.1, 0.15) is 0 Å². The molecule has 3 aromatic carbocycles. The number of hydrogen-bond donors (Lipinski definition) is 1. The van der Waals surface area contributed by atoms with E-state index < -0.39 is 0 Å². The van der Waals surface area contributed by atoms with Gasteiger partial charge in [-0.3, -0.25) is 9.59 Å². The summed E-state index contributed by atoms with van der Waals surface area (Å²) in [5.41, 5.74) is 6.43. The Kier molecular flexibility index (Phi) is 8.33. The van der Waals surface area contributed by atoms with Crippen molar-refractivity contribution < 1.29 is 9.59 Å². The zero-order valence-corrected chi connectivity index (χ0v) is 23.1. The second-order valence-electron chi connectivity index (χ2n) is 10.6. The molecule has 4 nitrogen and oxygen atoms in total. The number of hydrogen-bond acceptors (Lipinski definition) is 3. The summed E-state index contributed by atoms with van der Waals surface area (Å²) in [6, 6.07) is 24.7. The maximum absolute atomic E-state index is 13.7. The Balaban J connectivity index is 1.26. The van der Waals surface area contributed by atoms with E-state index in [4.69, 9.17) is 0 Å². The molecule has 0 aromatic heterocycles. The molecule has 2 amide bonds. The van der Waals surface area contributed by atoms with Crippen LogP contribution in [0.25, 0.3) is 6.08 Å². The Bertz CT molecular complexity index is 1310. The Hall–Kier alpha value is -3.31. The van der Waals surface area contributed by atoms with E-state index in [-0.39, 0.29) is 11.8 Å². The zero-order chi connectivity index (χ0) is 26.5. The lowest BCUT2D eigenvalue weighted by Crippen LogP contribution is -2.50. The van der Waals surface area contributed by atoms with E-state index in [1.807, 2.05) is 30.3 Å². The van der Waals surface area contributed by atoms with E-state index in [9.17, 15) is 9.59 Å². The fraction of sp³-hybridized carbons (Fsp3) is 0.333. The van der Waals surface area contributed by atoms with Crippen molar-refractivity contribution >= 4 is 29.7 Å². The number of nitrogens with one attached hydrogen (secondary N) is 1. The van der Waals surface area contributed by atoms with Crippen molar-refractivity contribution in [3.05, 3.63) is 111 Å². The third-order valence-corrected chi connectivity index (χ3v) is 8.94. The lowest BCUT2D eigenvalue weighted by atomic mass is 9.92. The molecule has 1 N–H and O–H groups in total. The SMILES string of the molecule is Cc1ccc(CCNC(=O)c2ccc(/C=C3/SC4CCCCC4N(Cc4cccc(C)c4)C3=O)cc2)cc1. The largest absolute Gasteiger partial charge is 0.352 e. The Morgan fingerprint density at radius 1 is 0.947 bits per heavy atom. The number of fused-ring (bicyclic) bond motifs is 1. The molecule has 38 heavy (non-hydrogen) atoms. The van der Waals surface area contributed by atoms with Gasteiger partial charge in [0.15, 0.2) is 0 Å². The summed E-state index contributed by atoms with van der Waals surface area (Å²) in [5, 5.41) is 3.46. The second-order valence-corrected chi connectivity index (χ2v) is 11.8. The van der Waals surface area contributed by atoms with Crippen molar-refractivity contribution in [3.8, 4) is 0 Å². The summed E-state index contributed by atoms with van der Waals surface area (Å²) in [6.45, 7) is 5.42. The number of carbonyl (C=O) groups excluding carboxylic acids is 2. The number of benzene rings is 3. The van der Waals surface area contributed by atoms with Crippen molar-refractivity contribution in [1.29, 1.82) is 0 Å². The summed E-state index contributed by atoms with van der Waals surface area (Å²) in [7, 11) is 0. The normalized spacial score (nSPS) is 20.3. The molecule has 3 aromatic rings. The van der Waals surface area contributed by atoms with Gasteiger partial charge in [0.05, 0.1) is 4.91 Å². The average Bonchev–Trinajstić information content (AvgIpc) is 2.92. The lowest BCUT2D eigenvalue weighted by molar-refractivity contribution is -0.130. The highest BCUT2D eigenvalue weighted by Gasteiger charge is 2.40. The molecule has 1 saturated heterocycles. The molecule has 196 valence electrons. The van der Waals surface area contributed by atoms with E-state index in [0.29, 0.717) is 29.9 Å². The van der Waals surface area contributed by atoms with Crippen molar-refractivity contribution in [2.45, 2.75) is 63.8 Å². The summed E-state index contributed by atoms with van der Waals surface area (Å²) in [4.78, 5) is 29.2. The molecule has 2 atom stereocenters. The monoisotopic (exact) mass is 524 g/mol. The quantitative estimate of drug-likeness (QED) is 0.350. The second kappa shape index (κ2) is 12.0. The first-order chi connectivity index (χ1) is 18.5. The van der Waals surface area contributed by atoms with Crippen molar-refractivity contribution in [2.24, 2.45) is 0 Å². The molecule has 1 heterocycles. The van der Waals surface area contributed by atoms with E-state index in [1.165, 1.54) is 35.1 Å². The Morgan fingerprint density at radius 2 is 1.71 bits per heavy atom. The number of amides is 2. The van der Waals surface area contributed by atoms with Gasteiger partial charge in [0, 0.05) is 29.9 Å². The van der Waals surface area contributed by atoms with Gasteiger partial charge in [-0.2, -0.15) is 0 Å². The summed E-state index contributed by atoms with van der Waals surface area (Å²) >= 11 is 1.75. The molecule has 2 fully saturated rings. The van der Waals surface area contributed by atoms with Gasteiger partial charge in [-0.05, 0) is 68.0 Å². The molecule has 1 aliphatic carbocycles. The molecule has 2 aliphatic rings. The highest BCUT2D eigenvalue weighted by molar-refractivity contribution is 8.04. The van der Waals surface area contributed by atoms with Gasteiger partial charge in [0.2, 0.25) is 0 Å². The summed E-state index contributed by atoms with van der Waals surface area (Å²) < 4.78 is 0. The molecule has 2 unspecified atom stereocenters. The number of nitrogens with zero attached hydrogens (tertiary/aromatic N) is 1. The third kappa shape index (κ3) is 6.39. The molecule has 0 spiro atoms. The number of thioether (sulfide) groups is 1. The first-order valence-corrected chi connectivity index (χ1v) is 14.5. The first kappa shape index (κ1) is 26.3. The van der Waals surface area contributed by atoms with Gasteiger partial charge in [-0.1, -0.05) is 84.6 Å². The molecule has 0 bridgehead atoms. The van der Waals surface area contributed by atoms with Crippen LogP contribution in [0.2, 0.25) is 0 Å². The number of aryl methyl sites for hydroxylation is 2. The lowest BCUT2D eigenvalue weighted by Gasteiger charge is -2.44. The molecular formula is C33H36N2O2S. The number of rotatable bonds is 7. The van der Waals surface area contributed by atoms with E-state index >= 15 is 0 Å². The van der Waals surface area contributed by atoms with Crippen LogP contribution in [0.4, 0.5) is 0 Å². The van der Waals surface area contributed by atoms with Crippen LogP contribution in [-0.4, -0.2) is 34.6 Å². The highest BCUT2D eigenvalue weighted by Crippen LogP contribution is 2.42. The molecule has 1 aliphatic heterocycles. The maximum Gasteiger partial charge on any atom is 0.260 e. The molecule has 5 heteroatoms. The van der Waals surface area contributed by atoms with Crippen LogP contribution in [-0.2, 0) is 17.8 Å². The van der Waals surface area contributed by atoms with Crippen molar-refractivity contribution in [1.82, 2.24) is 10.2 Å². The maximum atomic E-state index is 13.7. The first-order valence-electron chi connectivity index (χ1n) is 13.6. The standard InChI is InChI=1S/C33H36N2O2S/c1-23-10-12-25(13-11-23)18-19-34-32(36)28-16-14-26(15-17-28)21-31-33(37)35(22-27-7-5-6-24(2)20-27)29-8-3-4-9-30(29)38-31/h5-7,10-17,20-21,29-30H,3-4,8-9,18-19,22H2,1-2H3,(H,34,36)/b31-21+. The van der Waals surface area contributed by atoms with E-state index in [2.05, 4.69) is 72.6 Å². The topological polar surface area (TPSA) is 49.4 Å². The van der Waals surface area contributed by atoms with Crippen LogP contribution in [0.3, 0.4) is 0 Å². The van der Waals surface area contributed by atoms with Gasteiger partial charge in [-0.25, -0.2) is 0 Å². The van der Waals surface area contributed by atoms with Crippen molar-refractivity contribution in [2.75, 3.05) is 6.54 Å². The van der Waals surface area contributed by atoms with Gasteiger partial charge in [0.25, 0.3) is 11.8 Å². The zero-order valence-electron chi connectivity index (χ0n) is 22.3. The minimum absolute atomic E-state index is 0.0752.